The van der Waals surface area contributed by atoms with Crippen molar-refractivity contribution in [3.05, 3.63) is 28.7 Å². The fraction of sp³-hybridized carbons (Fsp3) is 0.545. The van der Waals surface area contributed by atoms with Crippen LogP contribution in [0.1, 0.15) is 20.3 Å². The number of nitrogens with one attached hydrogen (secondary N) is 2. The lowest BCUT2D eigenvalue weighted by molar-refractivity contribution is 0.240. The highest BCUT2D eigenvalue weighted by atomic mass is 32.2. The summed E-state index contributed by atoms with van der Waals surface area (Å²) in [5.74, 6) is 0.235. The predicted octanol–water partition coefficient (Wildman–Crippen LogP) is 0.0602. The molecule has 0 amide bonds. The maximum Gasteiger partial charge on any atom is 0.246 e. The van der Waals surface area contributed by atoms with E-state index in [0.29, 0.717) is 6.42 Å². The van der Waals surface area contributed by atoms with Crippen molar-refractivity contribution in [2.24, 2.45) is 5.92 Å². The minimum Gasteiger partial charge on any atom is -0.395 e. The summed E-state index contributed by atoms with van der Waals surface area (Å²) in [6.45, 7) is 3.54. The van der Waals surface area contributed by atoms with Crippen LogP contribution < -0.4 is 10.2 Å². The second-order valence-electron chi connectivity index (χ2n) is 4.50. The Morgan fingerprint density at radius 2 is 2.11 bits per heavy atom. The molecule has 18 heavy (non-hydrogen) atoms. The highest BCUT2D eigenvalue weighted by molar-refractivity contribution is 7.89. The zero-order chi connectivity index (χ0) is 13.8. The van der Waals surface area contributed by atoms with E-state index in [1.165, 1.54) is 6.20 Å². The van der Waals surface area contributed by atoms with Gasteiger partial charge in [0.15, 0.2) is 0 Å². The summed E-state index contributed by atoms with van der Waals surface area (Å²) in [6, 6.07) is 0.555. The van der Waals surface area contributed by atoms with Gasteiger partial charge >= 0.3 is 0 Å². The lowest BCUT2D eigenvalue weighted by atomic mass is 10.1. The number of aliphatic hydroxyl groups excluding tert-OH is 1. The number of H-pyrrole nitrogens is 1. The van der Waals surface area contributed by atoms with Crippen LogP contribution in [0.3, 0.4) is 0 Å². The summed E-state index contributed by atoms with van der Waals surface area (Å²) in [5, 5.41) is 9.14. The van der Waals surface area contributed by atoms with Crippen molar-refractivity contribution in [1.29, 1.82) is 0 Å². The quantitative estimate of drug-likeness (QED) is 0.683. The minimum atomic E-state index is -3.90. The first kappa shape index (κ1) is 14.9. The van der Waals surface area contributed by atoms with E-state index in [1.807, 2.05) is 13.8 Å². The Hall–Kier alpha value is -1.18. The number of aromatic nitrogens is 1. The average Bonchev–Trinajstić information content (AvgIpc) is 2.27. The Morgan fingerprint density at radius 1 is 1.44 bits per heavy atom. The third kappa shape index (κ3) is 3.94. The molecular formula is C11H18N2O4S. The molecule has 0 saturated heterocycles. The highest BCUT2D eigenvalue weighted by Crippen LogP contribution is 2.08. The van der Waals surface area contributed by atoms with Gasteiger partial charge in [0.05, 0.1) is 6.61 Å². The first-order valence-corrected chi connectivity index (χ1v) is 7.15. The number of hydrogen-bond donors (Lipinski definition) is 3. The van der Waals surface area contributed by atoms with E-state index in [2.05, 4.69) is 9.71 Å². The third-order valence-electron chi connectivity index (χ3n) is 2.38. The molecular weight excluding hydrogens is 256 g/mol. The Morgan fingerprint density at radius 3 is 2.61 bits per heavy atom. The smallest absolute Gasteiger partial charge is 0.246 e. The maximum atomic E-state index is 12.0. The van der Waals surface area contributed by atoms with E-state index in [4.69, 9.17) is 5.11 Å². The lowest BCUT2D eigenvalue weighted by Gasteiger charge is -2.17. The molecule has 3 N–H and O–H groups in total. The topological polar surface area (TPSA) is 99.3 Å². The van der Waals surface area contributed by atoms with Crippen molar-refractivity contribution in [2.45, 2.75) is 31.2 Å². The molecule has 7 heteroatoms. The molecule has 102 valence electrons. The molecule has 1 rings (SSSR count). The zero-order valence-corrected chi connectivity index (χ0v) is 11.2. The van der Waals surface area contributed by atoms with Crippen LogP contribution in [-0.4, -0.2) is 31.2 Å². The second-order valence-corrected chi connectivity index (χ2v) is 6.19. The molecule has 0 radical (unpaired) electrons. The fourth-order valence-corrected chi connectivity index (χ4v) is 2.92. The van der Waals surface area contributed by atoms with Gasteiger partial charge in [-0.05, 0) is 12.3 Å². The number of aliphatic hydroxyl groups is 1. The van der Waals surface area contributed by atoms with Crippen molar-refractivity contribution in [3.8, 4) is 0 Å². The summed E-state index contributed by atoms with van der Waals surface area (Å²) in [4.78, 5) is 13.7. The van der Waals surface area contributed by atoms with Gasteiger partial charge in [-0.1, -0.05) is 13.8 Å². The molecule has 0 aliphatic rings. The van der Waals surface area contributed by atoms with Gasteiger partial charge in [-0.25, -0.2) is 13.1 Å². The molecule has 0 saturated carbocycles. The van der Waals surface area contributed by atoms with Gasteiger partial charge in [0, 0.05) is 24.5 Å². The molecule has 0 aromatic carbocycles. The Balaban J connectivity index is 2.95. The zero-order valence-electron chi connectivity index (χ0n) is 10.4. The highest BCUT2D eigenvalue weighted by Gasteiger charge is 2.22. The number of hydrogen-bond acceptors (Lipinski definition) is 4. The van der Waals surface area contributed by atoms with Gasteiger partial charge < -0.3 is 10.1 Å². The third-order valence-corrected chi connectivity index (χ3v) is 3.92. The van der Waals surface area contributed by atoms with Crippen LogP contribution in [0.5, 0.6) is 0 Å². The molecule has 6 nitrogen and oxygen atoms in total. The molecule has 0 spiro atoms. The number of sulfonamides is 1. The van der Waals surface area contributed by atoms with Crippen molar-refractivity contribution in [2.75, 3.05) is 6.61 Å². The molecule has 0 aliphatic heterocycles. The van der Waals surface area contributed by atoms with Crippen LogP contribution in [0.4, 0.5) is 0 Å². The van der Waals surface area contributed by atoms with Crippen molar-refractivity contribution < 1.29 is 13.5 Å². The predicted molar refractivity (Wildman–Crippen MR) is 67.7 cm³/mol. The monoisotopic (exact) mass is 274 g/mol. The van der Waals surface area contributed by atoms with Gasteiger partial charge in [0.2, 0.25) is 15.5 Å². The van der Waals surface area contributed by atoms with Crippen LogP contribution >= 0.6 is 0 Å². The van der Waals surface area contributed by atoms with E-state index in [9.17, 15) is 13.2 Å². The molecule has 1 unspecified atom stereocenters. The van der Waals surface area contributed by atoms with Crippen LogP contribution in [0.25, 0.3) is 0 Å². The van der Waals surface area contributed by atoms with E-state index in [-0.39, 0.29) is 17.4 Å². The summed E-state index contributed by atoms with van der Waals surface area (Å²) in [6.07, 6.45) is 2.99. The molecule has 1 atom stereocenters. The van der Waals surface area contributed by atoms with Crippen molar-refractivity contribution >= 4 is 10.0 Å². The lowest BCUT2D eigenvalue weighted by Crippen LogP contribution is -2.40. The number of rotatable bonds is 6. The normalized spacial score (nSPS) is 13.8. The van der Waals surface area contributed by atoms with Crippen LogP contribution in [-0.2, 0) is 10.0 Å². The molecule has 0 fully saturated rings. The van der Waals surface area contributed by atoms with Crippen LogP contribution in [0.2, 0.25) is 0 Å². The first-order chi connectivity index (χ1) is 8.36. The molecule has 0 aliphatic carbocycles. The standard InChI is InChI=1S/C11H18N2O4S/c1-8(2)5-9(7-14)13-18(16,17)11-6-12-4-3-10(11)15/h3-4,6,8-9,13-14H,5,7H2,1-2H3,(H,12,15). The summed E-state index contributed by atoms with van der Waals surface area (Å²) in [5.41, 5.74) is -0.581. The number of aromatic amines is 1. The average molecular weight is 274 g/mol. The molecule has 0 bridgehead atoms. The Bertz CT molecular complexity index is 536. The SMILES string of the molecule is CC(C)CC(CO)NS(=O)(=O)c1c[nH]ccc1=O. The minimum absolute atomic E-state index is 0.235. The Labute approximate surface area is 106 Å². The van der Waals surface area contributed by atoms with Gasteiger partial charge in [0.1, 0.15) is 4.90 Å². The molecule has 1 aromatic heterocycles. The van der Waals surface area contributed by atoms with Gasteiger partial charge in [-0.3, -0.25) is 4.79 Å². The van der Waals surface area contributed by atoms with E-state index >= 15 is 0 Å². The van der Waals surface area contributed by atoms with Crippen molar-refractivity contribution in [3.63, 3.8) is 0 Å². The molecule has 1 heterocycles. The van der Waals surface area contributed by atoms with Crippen molar-refractivity contribution in [1.82, 2.24) is 9.71 Å². The van der Waals surface area contributed by atoms with Gasteiger partial charge in [-0.15, -0.1) is 0 Å². The van der Waals surface area contributed by atoms with Gasteiger partial charge in [-0.2, -0.15) is 0 Å². The van der Waals surface area contributed by atoms with Gasteiger partial charge in [0.25, 0.3) is 0 Å². The largest absolute Gasteiger partial charge is 0.395 e. The summed E-state index contributed by atoms with van der Waals surface area (Å²) >= 11 is 0. The van der Waals surface area contributed by atoms with E-state index < -0.39 is 21.5 Å². The second kappa shape index (κ2) is 6.12. The first-order valence-electron chi connectivity index (χ1n) is 5.67. The van der Waals surface area contributed by atoms with Crippen LogP contribution in [0.15, 0.2) is 28.2 Å². The fourth-order valence-electron chi connectivity index (χ4n) is 1.62. The maximum absolute atomic E-state index is 12.0. The van der Waals surface area contributed by atoms with E-state index in [0.717, 1.165) is 12.3 Å². The number of pyridine rings is 1. The molecule has 1 aromatic rings. The van der Waals surface area contributed by atoms with E-state index in [1.54, 1.807) is 0 Å². The van der Waals surface area contributed by atoms with Crippen LogP contribution in [0, 0.1) is 5.92 Å². The Kier molecular flexibility index (Phi) is 5.06. The summed E-state index contributed by atoms with van der Waals surface area (Å²) < 4.78 is 26.3. The summed E-state index contributed by atoms with van der Waals surface area (Å²) in [7, 11) is -3.90.